The summed E-state index contributed by atoms with van der Waals surface area (Å²) in [5.74, 6) is -0.464. The van der Waals surface area contributed by atoms with Crippen LogP contribution in [0.4, 0.5) is 4.39 Å². The SMILES string of the molecule is CC(Oc1nc(C2CCOCC2)c(-c2ccc(F)cc2)c2ccc(OCc3ccccc3)cc12)C(=O)O. The average Bonchev–Trinajstić information content (AvgIpc) is 2.93. The van der Waals surface area contributed by atoms with Gasteiger partial charge in [-0.05, 0) is 66.6 Å². The van der Waals surface area contributed by atoms with Crippen molar-refractivity contribution in [1.29, 1.82) is 0 Å². The molecule has 1 atom stereocenters. The van der Waals surface area contributed by atoms with E-state index in [1.807, 2.05) is 48.5 Å². The fourth-order valence-corrected chi connectivity index (χ4v) is 4.61. The van der Waals surface area contributed by atoms with Crippen molar-refractivity contribution >= 4 is 16.7 Å². The molecule has 1 aliphatic rings. The molecule has 1 N–H and O–H groups in total. The van der Waals surface area contributed by atoms with Crippen LogP contribution in [0.3, 0.4) is 0 Å². The van der Waals surface area contributed by atoms with Crippen molar-refractivity contribution < 1.29 is 28.5 Å². The van der Waals surface area contributed by atoms with E-state index in [0.717, 1.165) is 40.6 Å². The van der Waals surface area contributed by atoms with Crippen molar-refractivity contribution in [2.45, 2.75) is 38.4 Å². The molecule has 1 aromatic heterocycles. The molecule has 0 radical (unpaired) electrons. The van der Waals surface area contributed by atoms with E-state index >= 15 is 0 Å². The summed E-state index contributed by atoms with van der Waals surface area (Å²) < 4.78 is 31.3. The Balaban J connectivity index is 1.66. The molecule has 1 saturated heterocycles. The lowest BCUT2D eigenvalue weighted by molar-refractivity contribution is -0.144. The van der Waals surface area contributed by atoms with E-state index in [-0.39, 0.29) is 17.6 Å². The lowest BCUT2D eigenvalue weighted by atomic mass is 9.87. The molecule has 0 aliphatic carbocycles. The number of pyridine rings is 1. The number of benzene rings is 3. The van der Waals surface area contributed by atoms with Crippen molar-refractivity contribution in [2.75, 3.05) is 13.2 Å². The first-order valence-electron chi connectivity index (χ1n) is 12.4. The van der Waals surface area contributed by atoms with Gasteiger partial charge in [-0.15, -0.1) is 0 Å². The normalized spacial score (nSPS) is 14.9. The van der Waals surface area contributed by atoms with Gasteiger partial charge < -0.3 is 19.3 Å². The molecule has 2 heterocycles. The monoisotopic (exact) mass is 501 g/mol. The predicted molar refractivity (Wildman–Crippen MR) is 138 cm³/mol. The van der Waals surface area contributed by atoms with Gasteiger partial charge in [-0.25, -0.2) is 14.2 Å². The Bertz CT molecular complexity index is 1390. The minimum absolute atomic E-state index is 0.0923. The minimum atomic E-state index is -1.09. The summed E-state index contributed by atoms with van der Waals surface area (Å²) in [6, 6.07) is 21.8. The number of rotatable bonds is 8. The van der Waals surface area contributed by atoms with Gasteiger partial charge in [-0.1, -0.05) is 42.5 Å². The first kappa shape index (κ1) is 24.7. The number of ether oxygens (including phenoxy) is 3. The first-order valence-corrected chi connectivity index (χ1v) is 12.4. The fraction of sp³-hybridized carbons (Fsp3) is 0.267. The molecular weight excluding hydrogens is 473 g/mol. The average molecular weight is 502 g/mol. The van der Waals surface area contributed by atoms with Crippen LogP contribution in [0.15, 0.2) is 72.8 Å². The molecule has 0 saturated carbocycles. The first-order chi connectivity index (χ1) is 18.0. The van der Waals surface area contributed by atoms with E-state index in [9.17, 15) is 14.3 Å². The molecule has 190 valence electrons. The van der Waals surface area contributed by atoms with Gasteiger partial charge in [0.25, 0.3) is 0 Å². The maximum atomic E-state index is 13.8. The lowest BCUT2D eigenvalue weighted by Gasteiger charge is -2.26. The molecular formula is C30H28FNO5. The number of fused-ring (bicyclic) bond motifs is 1. The Kier molecular flexibility index (Phi) is 7.32. The molecule has 0 spiro atoms. The fourth-order valence-electron chi connectivity index (χ4n) is 4.61. The maximum Gasteiger partial charge on any atom is 0.344 e. The minimum Gasteiger partial charge on any atom is -0.489 e. The van der Waals surface area contributed by atoms with Gasteiger partial charge in [0.2, 0.25) is 5.88 Å². The Labute approximate surface area is 214 Å². The second kappa shape index (κ2) is 11.0. The third kappa shape index (κ3) is 5.57. The van der Waals surface area contributed by atoms with Crippen LogP contribution in [0.25, 0.3) is 21.9 Å². The van der Waals surface area contributed by atoms with E-state index in [1.165, 1.54) is 19.1 Å². The quantitative estimate of drug-likeness (QED) is 0.302. The second-order valence-electron chi connectivity index (χ2n) is 9.15. The van der Waals surface area contributed by atoms with Crippen LogP contribution >= 0.6 is 0 Å². The number of hydrogen-bond donors (Lipinski definition) is 1. The van der Waals surface area contributed by atoms with Crippen LogP contribution in [0.1, 0.15) is 36.9 Å². The Morgan fingerprint density at radius 3 is 2.49 bits per heavy atom. The highest BCUT2D eigenvalue weighted by Crippen LogP contribution is 2.42. The van der Waals surface area contributed by atoms with Gasteiger partial charge in [-0.3, -0.25) is 0 Å². The number of aromatic nitrogens is 1. The molecule has 5 rings (SSSR count). The van der Waals surface area contributed by atoms with E-state index in [4.69, 9.17) is 19.2 Å². The van der Waals surface area contributed by atoms with Gasteiger partial charge in [0, 0.05) is 30.1 Å². The number of halogens is 1. The highest BCUT2D eigenvalue weighted by molar-refractivity contribution is 6.01. The molecule has 3 aromatic carbocycles. The van der Waals surface area contributed by atoms with Gasteiger partial charge in [-0.2, -0.15) is 0 Å². The van der Waals surface area contributed by atoms with E-state index in [2.05, 4.69) is 0 Å². The van der Waals surface area contributed by atoms with Crippen molar-refractivity contribution in [1.82, 2.24) is 4.98 Å². The molecule has 37 heavy (non-hydrogen) atoms. The number of carboxylic acids is 1. The maximum absolute atomic E-state index is 13.8. The largest absolute Gasteiger partial charge is 0.489 e. The van der Waals surface area contributed by atoms with Gasteiger partial charge in [0.15, 0.2) is 6.10 Å². The molecule has 6 nitrogen and oxygen atoms in total. The number of nitrogens with zero attached hydrogens (tertiary/aromatic N) is 1. The molecule has 0 amide bonds. The van der Waals surface area contributed by atoms with Crippen LogP contribution in [0.2, 0.25) is 0 Å². The van der Waals surface area contributed by atoms with Gasteiger partial charge >= 0.3 is 5.97 Å². The third-order valence-electron chi connectivity index (χ3n) is 6.59. The number of hydrogen-bond acceptors (Lipinski definition) is 5. The molecule has 7 heteroatoms. The predicted octanol–water partition coefficient (Wildman–Crippen LogP) is 6.37. The highest BCUT2D eigenvalue weighted by atomic mass is 19.1. The molecule has 1 unspecified atom stereocenters. The topological polar surface area (TPSA) is 77.9 Å². The summed E-state index contributed by atoms with van der Waals surface area (Å²) in [5.41, 5.74) is 3.54. The smallest absolute Gasteiger partial charge is 0.344 e. The van der Waals surface area contributed by atoms with E-state index in [0.29, 0.717) is 31.0 Å². The van der Waals surface area contributed by atoms with Crippen LogP contribution in [-0.4, -0.2) is 35.4 Å². The zero-order valence-electron chi connectivity index (χ0n) is 20.5. The van der Waals surface area contributed by atoms with Crippen molar-refractivity contribution in [3.05, 3.63) is 89.9 Å². The summed E-state index contributed by atoms with van der Waals surface area (Å²) in [5, 5.41) is 11.0. The number of carbonyl (C=O) groups is 1. The Morgan fingerprint density at radius 2 is 1.78 bits per heavy atom. The van der Waals surface area contributed by atoms with Crippen LogP contribution in [0, 0.1) is 5.82 Å². The van der Waals surface area contributed by atoms with E-state index in [1.54, 1.807) is 12.1 Å². The van der Waals surface area contributed by atoms with Crippen LogP contribution < -0.4 is 9.47 Å². The number of carboxylic acid groups (broad SMARTS) is 1. The summed E-state index contributed by atoms with van der Waals surface area (Å²) in [7, 11) is 0. The summed E-state index contributed by atoms with van der Waals surface area (Å²) in [6.45, 7) is 3.09. The zero-order chi connectivity index (χ0) is 25.8. The van der Waals surface area contributed by atoms with Crippen molar-refractivity contribution in [3.8, 4) is 22.8 Å². The summed E-state index contributed by atoms with van der Waals surface area (Å²) in [6.07, 6.45) is 0.460. The molecule has 4 aromatic rings. The Hall–Kier alpha value is -3.97. The van der Waals surface area contributed by atoms with Gasteiger partial charge in [0.1, 0.15) is 18.2 Å². The zero-order valence-corrected chi connectivity index (χ0v) is 20.5. The van der Waals surface area contributed by atoms with Crippen molar-refractivity contribution in [2.24, 2.45) is 0 Å². The highest BCUT2D eigenvalue weighted by Gasteiger charge is 2.26. The van der Waals surface area contributed by atoms with Crippen LogP contribution in [0.5, 0.6) is 11.6 Å². The van der Waals surface area contributed by atoms with Crippen molar-refractivity contribution in [3.63, 3.8) is 0 Å². The molecule has 0 bridgehead atoms. The van der Waals surface area contributed by atoms with Crippen LogP contribution in [-0.2, 0) is 16.1 Å². The lowest BCUT2D eigenvalue weighted by Crippen LogP contribution is -2.24. The number of aliphatic carboxylic acids is 1. The molecule has 1 fully saturated rings. The Morgan fingerprint density at radius 1 is 1.05 bits per heavy atom. The summed E-state index contributed by atoms with van der Waals surface area (Å²) >= 11 is 0. The summed E-state index contributed by atoms with van der Waals surface area (Å²) in [4.78, 5) is 16.6. The second-order valence-corrected chi connectivity index (χ2v) is 9.15. The van der Waals surface area contributed by atoms with E-state index < -0.39 is 12.1 Å². The van der Waals surface area contributed by atoms with Gasteiger partial charge in [0.05, 0.1) is 5.69 Å². The molecule has 1 aliphatic heterocycles. The standard InChI is InChI=1S/C30H28FNO5/c1-19(30(33)34)37-29-26-17-24(36-18-20-5-3-2-4-6-20)11-12-25(26)27(21-7-9-23(31)10-8-21)28(32-29)22-13-15-35-16-14-22/h2-12,17,19,22H,13-16,18H2,1H3,(H,33,34). The third-order valence-corrected chi connectivity index (χ3v) is 6.59.